The summed E-state index contributed by atoms with van der Waals surface area (Å²) in [4.78, 5) is 12.9. The molecule has 0 radical (unpaired) electrons. The molecular formula is C51H36N4O. The van der Waals surface area contributed by atoms with Crippen molar-refractivity contribution < 1.29 is 4.42 Å². The molecule has 3 unspecified atom stereocenters. The molecule has 2 aliphatic heterocycles. The van der Waals surface area contributed by atoms with Gasteiger partial charge in [0.05, 0.1) is 6.04 Å². The Morgan fingerprint density at radius 3 is 1.84 bits per heavy atom. The molecule has 5 nitrogen and oxygen atoms in total. The Bertz CT molecular complexity index is 2780. The highest BCUT2D eigenvalue weighted by molar-refractivity contribution is 6.20. The predicted octanol–water partition coefficient (Wildman–Crippen LogP) is 11.9. The smallest absolute Gasteiger partial charge is 0.169 e. The molecule has 0 fully saturated rings. The Morgan fingerprint density at radius 2 is 1.14 bits per heavy atom. The Hall–Kier alpha value is -7.24. The fourth-order valence-corrected chi connectivity index (χ4v) is 8.75. The number of amidine groups is 2. The zero-order valence-electron chi connectivity index (χ0n) is 30.5. The van der Waals surface area contributed by atoms with Gasteiger partial charge >= 0.3 is 0 Å². The van der Waals surface area contributed by atoms with Crippen LogP contribution in [0.2, 0.25) is 0 Å². The number of nitrogens with one attached hydrogen (secondary N) is 1. The number of nitrogens with zero attached hydrogens (tertiary/aromatic N) is 3. The molecule has 0 spiro atoms. The minimum absolute atomic E-state index is 0.0168. The quantitative estimate of drug-likeness (QED) is 0.186. The van der Waals surface area contributed by atoms with Crippen molar-refractivity contribution in [1.82, 2.24) is 5.32 Å². The zero-order chi connectivity index (χ0) is 37.0. The van der Waals surface area contributed by atoms with Crippen molar-refractivity contribution in [3.05, 3.63) is 222 Å². The monoisotopic (exact) mass is 720 g/mol. The van der Waals surface area contributed by atoms with E-state index in [0.717, 1.165) is 50.8 Å². The van der Waals surface area contributed by atoms with Crippen LogP contribution in [-0.4, -0.2) is 17.7 Å². The Morgan fingerprint density at radius 1 is 0.536 bits per heavy atom. The lowest BCUT2D eigenvalue weighted by Gasteiger charge is -2.31. The summed E-state index contributed by atoms with van der Waals surface area (Å²) in [6.45, 7) is 0. The number of hydrogen-bond donors (Lipinski definition) is 1. The van der Waals surface area contributed by atoms with Gasteiger partial charge in [-0.05, 0) is 69.8 Å². The fourth-order valence-electron chi connectivity index (χ4n) is 8.75. The van der Waals surface area contributed by atoms with E-state index in [-0.39, 0.29) is 12.0 Å². The van der Waals surface area contributed by atoms with Gasteiger partial charge in [-0.2, -0.15) is 0 Å². The fraction of sp³-hybridized carbons (Fsp3) is 0.0588. The first kappa shape index (κ1) is 32.2. The summed E-state index contributed by atoms with van der Waals surface area (Å²) >= 11 is 0. The molecule has 11 rings (SSSR count). The summed E-state index contributed by atoms with van der Waals surface area (Å²) in [6, 6.07) is 64.2. The molecule has 7 aromatic carbocycles. The van der Waals surface area contributed by atoms with Crippen LogP contribution in [0.5, 0.6) is 0 Å². The molecule has 0 saturated heterocycles. The van der Waals surface area contributed by atoms with Gasteiger partial charge in [-0.25, -0.2) is 9.98 Å². The highest BCUT2D eigenvalue weighted by Crippen LogP contribution is 2.54. The summed E-state index contributed by atoms with van der Waals surface area (Å²) < 4.78 is 6.74. The van der Waals surface area contributed by atoms with Gasteiger partial charge in [0.25, 0.3) is 0 Å². The van der Waals surface area contributed by atoms with Crippen molar-refractivity contribution in [3.63, 3.8) is 0 Å². The van der Waals surface area contributed by atoms with Crippen molar-refractivity contribution in [1.29, 1.82) is 0 Å². The van der Waals surface area contributed by atoms with Crippen molar-refractivity contribution in [2.75, 3.05) is 4.90 Å². The molecule has 266 valence electrons. The predicted molar refractivity (Wildman–Crippen MR) is 229 cm³/mol. The number of rotatable bonds is 6. The van der Waals surface area contributed by atoms with Gasteiger partial charge in [0.2, 0.25) is 0 Å². The third-order valence-corrected chi connectivity index (χ3v) is 11.3. The second-order valence-electron chi connectivity index (χ2n) is 14.5. The van der Waals surface area contributed by atoms with Crippen LogP contribution in [0.3, 0.4) is 0 Å². The van der Waals surface area contributed by atoms with Crippen molar-refractivity contribution in [2.45, 2.75) is 18.1 Å². The van der Waals surface area contributed by atoms with Gasteiger partial charge in [-0.15, -0.1) is 0 Å². The molecule has 0 bridgehead atoms. The van der Waals surface area contributed by atoms with Crippen LogP contribution < -0.4 is 10.2 Å². The lowest BCUT2D eigenvalue weighted by molar-refractivity contribution is 0.584. The van der Waals surface area contributed by atoms with Crippen LogP contribution in [-0.2, 0) is 0 Å². The topological polar surface area (TPSA) is 53.1 Å². The SMILES string of the molecule is C1=CC2C(c3ccccc3N2c2cc(-c3ccccc3)cc(-c3ccccc3)c2)c2c1oc1cccc(C3=NC(c4ccccc4)N=C(c4ccccc4)N3)c21. The Labute approximate surface area is 325 Å². The lowest BCUT2D eigenvalue weighted by Crippen LogP contribution is -2.36. The molecule has 0 saturated carbocycles. The van der Waals surface area contributed by atoms with E-state index in [4.69, 9.17) is 14.4 Å². The average Bonchev–Trinajstić information content (AvgIpc) is 3.83. The second kappa shape index (κ2) is 13.3. The van der Waals surface area contributed by atoms with Gasteiger partial charge in [0.1, 0.15) is 23.0 Å². The van der Waals surface area contributed by atoms with Crippen molar-refractivity contribution in [2.24, 2.45) is 9.98 Å². The van der Waals surface area contributed by atoms with E-state index in [1.165, 1.54) is 39.1 Å². The number of furan rings is 1. The zero-order valence-corrected chi connectivity index (χ0v) is 30.5. The highest BCUT2D eigenvalue weighted by Gasteiger charge is 2.44. The van der Waals surface area contributed by atoms with Crippen LogP contribution in [0, 0.1) is 0 Å². The highest BCUT2D eigenvalue weighted by atomic mass is 16.3. The molecule has 1 aromatic heterocycles. The van der Waals surface area contributed by atoms with Crippen LogP contribution in [0.1, 0.15) is 45.7 Å². The van der Waals surface area contributed by atoms with Gasteiger partial charge in [-0.3, -0.25) is 0 Å². The Balaban J connectivity index is 1.08. The van der Waals surface area contributed by atoms with Crippen LogP contribution in [0.15, 0.2) is 202 Å². The van der Waals surface area contributed by atoms with Crippen LogP contribution in [0.4, 0.5) is 11.4 Å². The van der Waals surface area contributed by atoms with E-state index < -0.39 is 6.17 Å². The molecule has 0 amide bonds. The summed E-state index contributed by atoms with van der Waals surface area (Å²) in [6.07, 6.45) is 4.11. The van der Waals surface area contributed by atoms with Crippen LogP contribution >= 0.6 is 0 Å². The normalized spacial score (nSPS) is 18.1. The second-order valence-corrected chi connectivity index (χ2v) is 14.5. The maximum Gasteiger partial charge on any atom is 0.169 e. The number of benzene rings is 7. The van der Waals surface area contributed by atoms with E-state index in [1.54, 1.807) is 0 Å². The Kier molecular flexibility index (Phi) is 7.62. The van der Waals surface area contributed by atoms with Crippen LogP contribution in [0.25, 0.3) is 39.3 Å². The van der Waals surface area contributed by atoms with E-state index in [9.17, 15) is 0 Å². The third-order valence-electron chi connectivity index (χ3n) is 11.3. The van der Waals surface area contributed by atoms with E-state index in [1.807, 2.05) is 36.4 Å². The van der Waals surface area contributed by atoms with Gasteiger partial charge in [0.15, 0.2) is 6.17 Å². The molecule has 5 heteroatoms. The summed E-state index contributed by atoms with van der Waals surface area (Å²) in [5, 5.41) is 4.74. The first-order valence-electron chi connectivity index (χ1n) is 19.2. The largest absolute Gasteiger partial charge is 0.456 e. The number of anilines is 2. The molecule has 8 aromatic rings. The van der Waals surface area contributed by atoms with Gasteiger partial charge in [0, 0.05) is 39.4 Å². The third kappa shape index (κ3) is 5.39. The molecule has 1 N–H and O–H groups in total. The maximum absolute atomic E-state index is 6.74. The maximum atomic E-state index is 6.74. The number of para-hydroxylation sites is 1. The molecule has 3 aliphatic rings. The molecule has 1 aliphatic carbocycles. The van der Waals surface area contributed by atoms with E-state index >= 15 is 0 Å². The molecule has 56 heavy (non-hydrogen) atoms. The summed E-state index contributed by atoms with van der Waals surface area (Å²) in [5.74, 6) is 2.48. The molecule has 3 heterocycles. The molecule has 3 atom stereocenters. The first-order valence-corrected chi connectivity index (χ1v) is 19.2. The number of fused-ring (bicyclic) bond motifs is 7. The van der Waals surface area contributed by atoms with Crippen molar-refractivity contribution in [3.8, 4) is 22.3 Å². The standard InChI is InChI=1S/C51H36N4O/c1-5-16-33(17-6-1)37-30-38(34-18-7-2-8-19-34)32-39(31-37)55-42-26-14-13-24-40(42)46-43(55)28-29-45-48(46)47-41(25-15-27-44(47)56-45)51-53-49(35-20-9-3-10-21-35)52-50(54-51)36-22-11-4-12-23-36/h1-32,43,46,49H,(H,52,53,54). The van der Waals surface area contributed by atoms with Crippen molar-refractivity contribution >= 4 is 40.1 Å². The van der Waals surface area contributed by atoms with Gasteiger partial charge in [-0.1, -0.05) is 158 Å². The summed E-state index contributed by atoms with van der Waals surface area (Å²) in [7, 11) is 0. The minimum Gasteiger partial charge on any atom is -0.456 e. The average molecular weight is 721 g/mol. The van der Waals surface area contributed by atoms with E-state index in [2.05, 4.69) is 168 Å². The number of hydrogen-bond acceptors (Lipinski definition) is 5. The first-order chi connectivity index (χ1) is 27.8. The number of aliphatic imine (C=N–C) groups is 2. The lowest BCUT2D eigenvalue weighted by atomic mass is 9.81. The van der Waals surface area contributed by atoms with E-state index in [0.29, 0.717) is 0 Å². The van der Waals surface area contributed by atoms with Gasteiger partial charge < -0.3 is 14.6 Å². The minimum atomic E-state index is -0.397. The summed E-state index contributed by atoms with van der Waals surface area (Å²) in [5.41, 5.74) is 13.5. The molecular weight excluding hydrogens is 685 g/mol.